The number of benzene rings is 1. The summed E-state index contributed by atoms with van der Waals surface area (Å²) >= 11 is 0. The maximum absolute atomic E-state index is 12.2. The number of rotatable bonds is 15. The first-order chi connectivity index (χ1) is 16.8. The van der Waals surface area contributed by atoms with Crippen LogP contribution in [0.1, 0.15) is 18.9 Å². The number of carbonyl (C=O) groups excluding carboxylic acids is 5. The van der Waals surface area contributed by atoms with Crippen molar-refractivity contribution in [3.8, 4) is 0 Å². The van der Waals surface area contributed by atoms with Crippen molar-refractivity contribution in [2.24, 2.45) is 0 Å². The molecule has 1 aliphatic rings. The Hall–Kier alpha value is -3.61. The van der Waals surface area contributed by atoms with Crippen LogP contribution < -0.4 is 16.0 Å². The van der Waals surface area contributed by atoms with Gasteiger partial charge in [0.05, 0.1) is 46.1 Å². The van der Waals surface area contributed by atoms with E-state index >= 15 is 0 Å². The van der Waals surface area contributed by atoms with E-state index < -0.39 is 17.9 Å². The van der Waals surface area contributed by atoms with Gasteiger partial charge in [0.2, 0.25) is 17.7 Å². The quantitative estimate of drug-likeness (QED) is 0.181. The number of nitrogens with zero attached hydrogens (tertiary/aromatic N) is 1. The van der Waals surface area contributed by atoms with E-state index in [2.05, 4.69) is 16.0 Å². The Balaban J connectivity index is 1.49. The lowest BCUT2D eigenvalue weighted by molar-refractivity contribution is -0.137. The van der Waals surface area contributed by atoms with E-state index in [-0.39, 0.29) is 70.3 Å². The first-order valence-corrected chi connectivity index (χ1v) is 11.1. The molecule has 12 heteroatoms. The minimum Gasteiger partial charge on any atom is -0.392 e. The highest BCUT2D eigenvalue weighted by molar-refractivity contribution is 6.12. The fraction of sp³-hybridized carbons (Fsp3) is 0.435. The van der Waals surface area contributed by atoms with Crippen LogP contribution in [0, 0.1) is 0 Å². The summed E-state index contributed by atoms with van der Waals surface area (Å²) in [6, 6.07) is 5.81. The van der Waals surface area contributed by atoms with Gasteiger partial charge in [-0.15, -0.1) is 0 Å². The van der Waals surface area contributed by atoms with Crippen LogP contribution in [0.15, 0.2) is 36.4 Å². The van der Waals surface area contributed by atoms with Crippen molar-refractivity contribution in [3.05, 3.63) is 42.0 Å². The lowest BCUT2D eigenvalue weighted by Crippen LogP contribution is -2.46. The monoisotopic (exact) mass is 490 g/mol. The van der Waals surface area contributed by atoms with Crippen LogP contribution in [0.4, 0.5) is 5.69 Å². The Morgan fingerprint density at radius 3 is 2.20 bits per heavy atom. The van der Waals surface area contributed by atoms with Gasteiger partial charge >= 0.3 is 0 Å². The Kier molecular flexibility index (Phi) is 11.5. The van der Waals surface area contributed by atoms with E-state index in [0.29, 0.717) is 11.3 Å². The molecule has 2 rings (SSSR count). The molecule has 1 aliphatic heterocycles. The van der Waals surface area contributed by atoms with E-state index in [1.165, 1.54) is 19.1 Å². The molecule has 1 atom stereocenters. The zero-order chi connectivity index (χ0) is 25.6. The van der Waals surface area contributed by atoms with Gasteiger partial charge in [0, 0.05) is 24.3 Å². The lowest BCUT2D eigenvalue weighted by Gasteiger charge is -2.15. The normalized spacial score (nSPS) is 13.6. The van der Waals surface area contributed by atoms with E-state index in [1.54, 1.807) is 24.3 Å². The summed E-state index contributed by atoms with van der Waals surface area (Å²) in [5.41, 5.74) is 1.24. The molecule has 0 bridgehead atoms. The molecule has 0 aromatic heterocycles. The molecule has 0 saturated carbocycles. The predicted molar refractivity (Wildman–Crippen MR) is 124 cm³/mol. The summed E-state index contributed by atoms with van der Waals surface area (Å²) in [6.07, 6.45) is 2.45. The first kappa shape index (κ1) is 27.6. The van der Waals surface area contributed by atoms with Crippen molar-refractivity contribution in [1.29, 1.82) is 0 Å². The third-order valence-corrected chi connectivity index (χ3v) is 4.83. The molecule has 5 amide bonds. The molecule has 1 aromatic rings. The Bertz CT molecular complexity index is 914. The maximum atomic E-state index is 12.2. The molecule has 1 heterocycles. The second-order valence-electron chi connectivity index (χ2n) is 7.55. The van der Waals surface area contributed by atoms with E-state index in [4.69, 9.17) is 14.6 Å². The molecule has 0 saturated heterocycles. The third-order valence-electron chi connectivity index (χ3n) is 4.83. The summed E-state index contributed by atoms with van der Waals surface area (Å²) < 4.78 is 10.6. The topological polar surface area (TPSA) is 163 Å². The summed E-state index contributed by atoms with van der Waals surface area (Å²) in [4.78, 5) is 59.8. The van der Waals surface area contributed by atoms with Gasteiger partial charge in [-0.2, -0.15) is 0 Å². The number of ether oxygens (including phenoxy) is 2. The van der Waals surface area contributed by atoms with Gasteiger partial charge in [-0.25, -0.2) is 0 Å². The van der Waals surface area contributed by atoms with Crippen molar-refractivity contribution in [2.75, 3.05) is 44.8 Å². The smallest absolute Gasteiger partial charge is 0.253 e. The highest BCUT2D eigenvalue weighted by Crippen LogP contribution is 2.09. The van der Waals surface area contributed by atoms with Crippen molar-refractivity contribution in [2.45, 2.75) is 26.0 Å². The summed E-state index contributed by atoms with van der Waals surface area (Å²) in [5, 5.41) is 16.6. The number of amides is 5. The summed E-state index contributed by atoms with van der Waals surface area (Å²) in [5.74, 6) is -2.06. The van der Waals surface area contributed by atoms with Gasteiger partial charge in [0.15, 0.2) is 0 Å². The van der Waals surface area contributed by atoms with Crippen molar-refractivity contribution >= 4 is 35.2 Å². The van der Waals surface area contributed by atoms with Crippen LogP contribution >= 0.6 is 0 Å². The van der Waals surface area contributed by atoms with Crippen LogP contribution in [0.25, 0.3) is 0 Å². The minimum absolute atomic E-state index is 0.0373. The molecule has 4 N–H and O–H groups in total. The van der Waals surface area contributed by atoms with Crippen molar-refractivity contribution in [3.63, 3.8) is 0 Å². The van der Waals surface area contributed by atoms with Gasteiger partial charge in [-0.3, -0.25) is 28.9 Å². The number of anilines is 1. The molecule has 0 fully saturated rings. The Labute approximate surface area is 202 Å². The van der Waals surface area contributed by atoms with Crippen LogP contribution in [0.5, 0.6) is 0 Å². The van der Waals surface area contributed by atoms with Crippen LogP contribution in [-0.2, 0) is 40.1 Å². The molecular formula is C23H30N4O8. The highest BCUT2D eigenvalue weighted by Gasteiger charge is 2.22. The number of imide groups is 1. The molecule has 12 nitrogen and oxygen atoms in total. The third kappa shape index (κ3) is 10.0. The molecule has 0 aliphatic carbocycles. The summed E-state index contributed by atoms with van der Waals surface area (Å²) in [7, 11) is 0. The molecule has 0 radical (unpaired) electrons. The van der Waals surface area contributed by atoms with Gasteiger partial charge in [0.25, 0.3) is 11.8 Å². The van der Waals surface area contributed by atoms with Crippen molar-refractivity contribution in [1.82, 2.24) is 15.5 Å². The van der Waals surface area contributed by atoms with E-state index in [0.717, 1.165) is 4.90 Å². The largest absolute Gasteiger partial charge is 0.392 e. The zero-order valence-electron chi connectivity index (χ0n) is 19.5. The SMILES string of the molecule is C[C@H](NC(=O)CNC(=O)CCOCCOCCN1C(=O)C=CC1=O)C(=O)Nc1ccc(CO)cc1. The molecule has 35 heavy (non-hydrogen) atoms. The Morgan fingerprint density at radius 1 is 0.943 bits per heavy atom. The van der Waals surface area contributed by atoms with Gasteiger partial charge < -0.3 is 30.5 Å². The van der Waals surface area contributed by atoms with Crippen molar-refractivity contribution < 1.29 is 38.6 Å². The first-order valence-electron chi connectivity index (χ1n) is 11.1. The fourth-order valence-corrected chi connectivity index (χ4v) is 2.86. The average Bonchev–Trinajstić information content (AvgIpc) is 3.16. The standard InChI is InChI=1S/C23H30N4O8/c1-16(23(33)26-18-4-2-17(15-28)3-5-18)25-20(30)14-24-19(29)8-10-34-12-13-35-11-9-27-21(31)6-7-22(27)32/h2-7,16,28H,8-15H2,1H3,(H,24,29)(H,25,30)(H,26,33)/t16-/m0/s1. The highest BCUT2D eigenvalue weighted by atomic mass is 16.5. The minimum atomic E-state index is -0.821. The van der Waals surface area contributed by atoms with Crippen LogP contribution in [0.3, 0.4) is 0 Å². The number of hydrogen-bond donors (Lipinski definition) is 4. The fourth-order valence-electron chi connectivity index (χ4n) is 2.86. The number of carbonyl (C=O) groups is 5. The zero-order valence-corrected chi connectivity index (χ0v) is 19.5. The van der Waals surface area contributed by atoms with E-state index in [9.17, 15) is 24.0 Å². The molecule has 0 spiro atoms. The van der Waals surface area contributed by atoms with Gasteiger partial charge in [0.1, 0.15) is 6.04 Å². The van der Waals surface area contributed by atoms with Crippen LogP contribution in [-0.4, -0.2) is 85.1 Å². The van der Waals surface area contributed by atoms with Gasteiger partial charge in [-0.05, 0) is 24.6 Å². The second kappa shape index (κ2) is 14.6. The van der Waals surface area contributed by atoms with Gasteiger partial charge in [-0.1, -0.05) is 12.1 Å². The predicted octanol–water partition coefficient (Wildman–Crippen LogP) is -0.913. The number of aliphatic hydroxyl groups is 1. The van der Waals surface area contributed by atoms with Crippen LogP contribution in [0.2, 0.25) is 0 Å². The second-order valence-corrected chi connectivity index (χ2v) is 7.55. The molecule has 1 aromatic carbocycles. The molecular weight excluding hydrogens is 460 g/mol. The number of nitrogens with one attached hydrogen (secondary N) is 3. The number of aliphatic hydroxyl groups excluding tert-OH is 1. The summed E-state index contributed by atoms with van der Waals surface area (Å²) in [6.45, 7) is 2.06. The average molecular weight is 491 g/mol. The molecule has 0 unspecified atom stereocenters. The Morgan fingerprint density at radius 2 is 1.57 bits per heavy atom. The number of hydrogen-bond acceptors (Lipinski definition) is 8. The van der Waals surface area contributed by atoms with E-state index in [1.807, 2.05) is 0 Å². The molecule has 190 valence electrons. The lowest BCUT2D eigenvalue weighted by atomic mass is 10.2. The maximum Gasteiger partial charge on any atom is 0.253 e.